The van der Waals surface area contributed by atoms with Gasteiger partial charge in [0.15, 0.2) is 0 Å². The maximum Gasteiger partial charge on any atom is 0.272 e. The number of nitro groups is 1. The molecule has 1 rings (SSSR count). The van der Waals surface area contributed by atoms with Crippen molar-refractivity contribution >= 4 is 5.69 Å². The number of aryl methyl sites for hydroxylation is 1. The summed E-state index contributed by atoms with van der Waals surface area (Å²) in [6.07, 6.45) is 0.229. The van der Waals surface area contributed by atoms with E-state index in [4.69, 9.17) is 4.74 Å². The summed E-state index contributed by atoms with van der Waals surface area (Å²) >= 11 is 0. The maximum atomic E-state index is 10.8. The third kappa shape index (κ3) is 4.81. The van der Waals surface area contributed by atoms with E-state index in [1.807, 2.05) is 19.9 Å². The monoisotopic (exact) mass is 252 g/mol. The van der Waals surface area contributed by atoms with E-state index in [0.717, 1.165) is 12.1 Å². The fourth-order valence-electron chi connectivity index (χ4n) is 1.56. The van der Waals surface area contributed by atoms with E-state index in [-0.39, 0.29) is 16.7 Å². The van der Waals surface area contributed by atoms with E-state index >= 15 is 0 Å². The average Bonchev–Trinajstić information content (AvgIpc) is 2.30. The Kier molecular flexibility index (Phi) is 5.74. The highest BCUT2D eigenvalue weighted by Gasteiger charge is 2.10. The summed E-state index contributed by atoms with van der Waals surface area (Å²) < 4.78 is 5.39. The van der Waals surface area contributed by atoms with Gasteiger partial charge in [-0.2, -0.15) is 0 Å². The number of nitro benzene ring substituents is 1. The van der Waals surface area contributed by atoms with Crippen LogP contribution in [-0.4, -0.2) is 24.2 Å². The zero-order valence-electron chi connectivity index (χ0n) is 11.1. The highest BCUT2D eigenvalue weighted by molar-refractivity contribution is 5.42. The summed E-state index contributed by atoms with van der Waals surface area (Å²) in [6.45, 7) is 7.71. The molecule has 0 heterocycles. The molecule has 1 N–H and O–H groups in total. The Morgan fingerprint density at radius 1 is 1.44 bits per heavy atom. The Bertz CT molecular complexity index is 405. The van der Waals surface area contributed by atoms with Crippen molar-refractivity contribution in [1.29, 1.82) is 0 Å². The SMILES string of the molecule is Cc1ccc(CNCCOC(C)C)cc1[N+](=O)[O-]. The molecule has 5 nitrogen and oxygen atoms in total. The van der Waals surface area contributed by atoms with E-state index in [2.05, 4.69) is 5.32 Å². The number of nitrogens with one attached hydrogen (secondary N) is 1. The third-order valence-electron chi connectivity index (χ3n) is 2.53. The molecule has 18 heavy (non-hydrogen) atoms. The number of benzene rings is 1. The van der Waals surface area contributed by atoms with E-state index in [1.165, 1.54) is 0 Å². The van der Waals surface area contributed by atoms with Crippen LogP contribution in [0.5, 0.6) is 0 Å². The fourth-order valence-corrected chi connectivity index (χ4v) is 1.56. The molecule has 0 aliphatic heterocycles. The molecule has 0 aliphatic carbocycles. The van der Waals surface area contributed by atoms with Gasteiger partial charge in [0, 0.05) is 24.7 Å². The minimum atomic E-state index is -0.347. The second-order valence-corrected chi connectivity index (χ2v) is 4.47. The number of hydrogen-bond donors (Lipinski definition) is 1. The number of hydrogen-bond acceptors (Lipinski definition) is 4. The van der Waals surface area contributed by atoms with Crippen molar-refractivity contribution in [3.05, 3.63) is 39.4 Å². The molecule has 0 bridgehead atoms. The molecule has 0 fully saturated rings. The van der Waals surface area contributed by atoms with Crippen molar-refractivity contribution in [3.8, 4) is 0 Å². The number of nitrogens with zero attached hydrogens (tertiary/aromatic N) is 1. The van der Waals surface area contributed by atoms with Crippen molar-refractivity contribution in [2.45, 2.75) is 33.4 Å². The Hall–Kier alpha value is -1.46. The van der Waals surface area contributed by atoms with E-state index in [1.54, 1.807) is 19.1 Å². The first-order chi connectivity index (χ1) is 8.50. The van der Waals surface area contributed by atoms with Gasteiger partial charge in [0.25, 0.3) is 5.69 Å². The van der Waals surface area contributed by atoms with Gasteiger partial charge in [0.05, 0.1) is 17.6 Å². The second-order valence-electron chi connectivity index (χ2n) is 4.47. The standard InChI is InChI=1S/C13H20N2O3/c1-10(2)18-7-6-14-9-12-5-4-11(3)13(8-12)15(16)17/h4-5,8,10,14H,6-7,9H2,1-3H3. The predicted molar refractivity (Wildman–Crippen MR) is 70.6 cm³/mol. The first kappa shape index (κ1) is 14.6. The molecule has 0 amide bonds. The molecule has 1 aromatic rings. The van der Waals surface area contributed by atoms with Crippen LogP contribution in [0.2, 0.25) is 0 Å². The molecule has 5 heteroatoms. The van der Waals surface area contributed by atoms with Gasteiger partial charge in [-0.25, -0.2) is 0 Å². The maximum absolute atomic E-state index is 10.8. The lowest BCUT2D eigenvalue weighted by Crippen LogP contribution is -2.21. The highest BCUT2D eigenvalue weighted by atomic mass is 16.6. The number of ether oxygens (including phenoxy) is 1. The summed E-state index contributed by atoms with van der Waals surface area (Å²) in [5.74, 6) is 0. The topological polar surface area (TPSA) is 64.4 Å². The molecule has 0 atom stereocenters. The molecule has 0 saturated carbocycles. The third-order valence-corrected chi connectivity index (χ3v) is 2.53. The zero-order chi connectivity index (χ0) is 13.5. The van der Waals surface area contributed by atoms with E-state index < -0.39 is 0 Å². The first-order valence-corrected chi connectivity index (χ1v) is 6.07. The summed E-state index contributed by atoms with van der Waals surface area (Å²) in [5, 5.41) is 14.0. The van der Waals surface area contributed by atoms with Crippen LogP contribution in [-0.2, 0) is 11.3 Å². The summed E-state index contributed by atoms with van der Waals surface area (Å²) in [6, 6.07) is 5.30. The molecule has 1 aromatic carbocycles. The van der Waals surface area contributed by atoms with Crippen LogP contribution in [0.4, 0.5) is 5.69 Å². The van der Waals surface area contributed by atoms with Crippen LogP contribution < -0.4 is 5.32 Å². The summed E-state index contributed by atoms with van der Waals surface area (Å²) in [7, 11) is 0. The van der Waals surface area contributed by atoms with Gasteiger partial charge < -0.3 is 10.1 Å². The van der Waals surface area contributed by atoms with Gasteiger partial charge in [-0.1, -0.05) is 12.1 Å². The van der Waals surface area contributed by atoms with Gasteiger partial charge in [-0.3, -0.25) is 10.1 Å². The first-order valence-electron chi connectivity index (χ1n) is 6.07. The normalized spacial score (nSPS) is 10.9. The van der Waals surface area contributed by atoms with Crippen LogP contribution in [0, 0.1) is 17.0 Å². The second kappa shape index (κ2) is 7.08. The molecule has 0 unspecified atom stereocenters. The lowest BCUT2D eigenvalue weighted by Gasteiger charge is -2.08. The Labute approximate surface area is 107 Å². The van der Waals surface area contributed by atoms with Crippen LogP contribution >= 0.6 is 0 Å². The fraction of sp³-hybridized carbons (Fsp3) is 0.538. The molecule has 0 saturated heterocycles. The van der Waals surface area contributed by atoms with Gasteiger partial charge in [0.1, 0.15) is 0 Å². The van der Waals surface area contributed by atoms with E-state index in [0.29, 0.717) is 18.7 Å². The van der Waals surface area contributed by atoms with Crippen molar-refractivity contribution in [2.24, 2.45) is 0 Å². The van der Waals surface area contributed by atoms with Crippen molar-refractivity contribution in [3.63, 3.8) is 0 Å². The highest BCUT2D eigenvalue weighted by Crippen LogP contribution is 2.18. The van der Waals surface area contributed by atoms with Gasteiger partial charge in [0.2, 0.25) is 0 Å². The lowest BCUT2D eigenvalue weighted by molar-refractivity contribution is -0.385. The lowest BCUT2D eigenvalue weighted by atomic mass is 10.1. The van der Waals surface area contributed by atoms with Crippen molar-refractivity contribution in [1.82, 2.24) is 5.32 Å². The molecule has 0 radical (unpaired) electrons. The van der Waals surface area contributed by atoms with Crippen LogP contribution in [0.3, 0.4) is 0 Å². The smallest absolute Gasteiger partial charge is 0.272 e. The Balaban J connectivity index is 2.43. The Morgan fingerprint density at radius 3 is 2.78 bits per heavy atom. The minimum Gasteiger partial charge on any atom is -0.377 e. The predicted octanol–water partition coefficient (Wildman–Crippen LogP) is 2.42. The van der Waals surface area contributed by atoms with Gasteiger partial charge >= 0.3 is 0 Å². The summed E-state index contributed by atoms with van der Waals surface area (Å²) in [4.78, 5) is 10.4. The van der Waals surface area contributed by atoms with Crippen LogP contribution in [0.1, 0.15) is 25.0 Å². The quantitative estimate of drug-likeness (QED) is 0.460. The van der Waals surface area contributed by atoms with Crippen molar-refractivity contribution in [2.75, 3.05) is 13.2 Å². The largest absolute Gasteiger partial charge is 0.377 e. The molecule has 0 aliphatic rings. The Morgan fingerprint density at radius 2 is 2.17 bits per heavy atom. The van der Waals surface area contributed by atoms with Crippen LogP contribution in [0.15, 0.2) is 18.2 Å². The van der Waals surface area contributed by atoms with E-state index in [9.17, 15) is 10.1 Å². The molecular weight excluding hydrogens is 232 g/mol. The number of rotatable bonds is 7. The van der Waals surface area contributed by atoms with Crippen molar-refractivity contribution < 1.29 is 9.66 Å². The minimum absolute atomic E-state index is 0.174. The molecule has 100 valence electrons. The zero-order valence-corrected chi connectivity index (χ0v) is 11.1. The van der Waals surface area contributed by atoms with Gasteiger partial charge in [-0.05, 0) is 26.3 Å². The van der Waals surface area contributed by atoms with Gasteiger partial charge in [-0.15, -0.1) is 0 Å². The molecule has 0 aromatic heterocycles. The molecule has 0 spiro atoms. The van der Waals surface area contributed by atoms with Crippen LogP contribution in [0.25, 0.3) is 0 Å². The summed E-state index contributed by atoms with van der Waals surface area (Å²) in [5.41, 5.74) is 1.77. The molecular formula is C13H20N2O3. The average molecular weight is 252 g/mol.